The summed E-state index contributed by atoms with van der Waals surface area (Å²) in [6.07, 6.45) is 3.40. The van der Waals surface area contributed by atoms with E-state index in [4.69, 9.17) is 10.4 Å². The first-order valence-electron chi connectivity index (χ1n) is 4.06. The van der Waals surface area contributed by atoms with Crippen molar-refractivity contribution in [2.75, 3.05) is 6.61 Å². The molecule has 0 fully saturated rings. The van der Waals surface area contributed by atoms with E-state index in [0.717, 1.165) is 11.1 Å². The van der Waals surface area contributed by atoms with Gasteiger partial charge in [0, 0.05) is 0 Å². The minimum atomic E-state index is -0.000791. The van der Waals surface area contributed by atoms with Gasteiger partial charge in [-0.1, -0.05) is 24.3 Å². The Labute approximate surface area is 77.8 Å². The Morgan fingerprint density at radius 1 is 1.54 bits per heavy atom. The molecule has 0 aliphatic rings. The second-order valence-electron chi connectivity index (χ2n) is 2.73. The van der Waals surface area contributed by atoms with Gasteiger partial charge in [0.1, 0.15) is 0 Å². The van der Waals surface area contributed by atoms with E-state index >= 15 is 0 Å². The summed E-state index contributed by atoms with van der Waals surface area (Å²) in [6.45, 7) is 1.94. The second kappa shape index (κ2) is 4.44. The first-order chi connectivity index (χ1) is 6.29. The van der Waals surface area contributed by atoms with Crippen LogP contribution in [0.1, 0.15) is 16.7 Å². The van der Waals surface area contributed by atoms with Crippen LogP contribution >= 0.6 is 0 Å². The van der Waals surface area contributed by atoms with Crippen LogP contribution in [0.3, 0.4) is 0 Å². The number of aliphatic hydroxyl groups is 1. The summed E-state index contributed by atoms with van der Waals surface area (Å²) in [5.41, 5.74) is 2.58. The number of aliphatic hydroxyl groups excluding tert-OH is 1. The molecule has 0 bridgehead atoms. The van der Waals surface area contributed by atoms with Gasteiger partial charge in [-0.25, -0.2) is 0 Å². The smallest absolute Gasteiger partial charge is 0.0998 e. The van der Waals surface area contributed by atoms with E-state index in [-0.39, 0.29) is 6.61 Å². The molecule has 0 unspecified atom stereocenters. The van der Waals surface area contributed by atoms with Crippen LogP contribution in [-0.2, 0) is 0 Å². The van der Waals surface area contributed by atoms with Crippen LogP contribution in [0.2, 0.25) is 0 Å². The molecule has 0 spiro atoms. The third-order valence-corrected chi connectivity index (χ3v) is 1.83. The Kier molecular flexibility index (Phi) is 3.24. The normalized spacial score (nSPS) is 10.2. The molecule has 1 N–H and O–H groups in total. The first-order valence-corrected chi connectivity index (χ1v) is 4.06. The van der Waals surface area contributed by atoms with Gasteiger partial charge in [-0.15, -0.1) is 0 Å². The minimum absolute atomic E-state index is 0.000791. The summed E-state index contributed by atoms with van der Waals surface area (Å²) < 4.78 is 0. The van der Waals surface area contributed by atoms with E-state index in [1.54, 1.807) is 18.2 Å². The molecular weight excluding hydrogens is 162 g/mol. The number of nitriles is 1. The van der Waals surface area contributed by atoms with Gasteiger partial charge in [0.2, 0.25) is 0 Å². The topological polar surface area (TPSA) is 44.0 Å². The summed E-state index contributed by atoms with van der Waals surface area (Å²) >= 11 is 0. The van der Waals surface area contributed by atoms with E-state index in [9.17, 15) is 0 Å². The van der Waals surface area contributed by atoms with Crippen molar-refractivity contribution >= 4 is 6.08 Å². The predicted octanol–water partition coefficient (Wildman–Crippen LogP) is 1.87. The average molecular weight is 173 g/mol. The van der Waals surface area contributed by atoms with Crippen molar-refractivity contribution in [3.63, 3.8) is 0 Å². The fraction of sp³-hybridized carbons (Fsp3) is 0.182. The zero-order valence-corrected chi connectivity index (χ0v) is 7.49. The molecule has 66 valence electrons. The van der Waals surface area contributed by atoms with Crippen LogP contribution in [0.5, 0.6) is 0 Å². The molecule has 0 heterocycles. The van der Waals surface area contributed by atoms with Gasteiger partial charge in [0.25, 0.3) is 0 Å². The number of hydrogen-bond donors (Lipinski definition) is 1. The van der Waals surface area contributed by atoms with Crippen molar-refractivity contribution < 1.29 is 5.11 Å². The molecule has 0 saturated carbocycles. The quantitative estimate of drug-likeness (QED) is 0.742. The molecule has 1 rings (SSSR count). The first kappa shape index (κ1) is 9.50. The number of rotatable bonds is 2. The number of nitrogens with zero attached hydrogens (tertiary/aromatic N) is 1. The lowest BCUT2D eigenvalue weighted by Crippen LogP contribution is -1.86. The lowest BCUT2D eigenvalue weighted by molar-refractivity contribution is 0.343. The highest BCUT2D eigenvalue weighted by atomic mass is 16.2. The standard InChI is InChI=1S/C11H11NO/c1-9-4-2-5-10(8-12)11(9)6-3-7-13/h2-6,13H,7H2,1H3. The molecule has 13 heavy (non-hydrogen) atoms. The third-order valence-electron chi connectivity index (χ3n) is 1.83. The molecule has 0 aliphatic heterocycles. The molecule has 2 heteroatoms. The van der Waals surface area contributed by atoms with Gasteiger partial charge in [0.15, 0.2) is 0 Å². The Bertz CT molecular complexity index is 361. The van der Waals surface area contributed by atoms with Crippen molar-refractivity contribution in [3.8, 4) is 6.07 Å². The maximum atomic E-state index is 8.80. The average Bonchev–Trinajstić information content (AvgIpc) is 2.15. The van der Waals surface area contributed by atoms with Crippen molar-refractivity contribution in [2.45, 2.75) is 6.92 Å². The summed E-state index contributed by atoms with van der Waals surface area (Å²) in [6, 6.07) is 7.67. The van der Waals surface area contributed by atoms with Gasteiger partial charge in [0.05, 0.1) is 18.2 Å². The van der Waals surface area contributed by atoms with Crippen LogP contribution in [0.25, 0.3) is 6.08 Å². The van der Waals surface area contributed by atoms with Crippen LogP contribution in [0.15, 0.2) is 24.3 Å². The second-order valence-corrected chi connectivity index (χ2v) is 2.73. The molecule has 0 amide bonds. The number of aryl methyl sites for hydroxylation is 1. The maximum Gasteiger partial charge on any atom is 0.0998 e. The highest BCUT2D eigenvalue weighted by Crippen LogP contribution is 2.14. The Morgan fingerprint density at radius 3 is 2.92 bits per heavy atom. The molecule has 0 radical (unpaired) electrons. The molecule has 1 aromatic carbocycles. The Balaban J connectivity index is 3.17. The zero-order chi connectivity index (χ0) is 9.68. The lowest BCUT2D eigenvalue weighted by Gasteiger charge is -2.01. The zero-order valence-electron chi connectivity index (χ0n) is 7.49. The largest absolute Gasteiger partial charge is 0.392 e. The Morgan fingerprint density at radius 2 is 2.31 bits per heavy atom. The molecule has 0 aromatic heterocycles. The van der Waals surface area contributed by atoms with E-state index in [1.165, 1.54) is 0 Å². The fourth-order valence-electron chi connectivity index (χ4n) is 1.17. The van der Waals surface area contributed by atoms with Gasteiger partial charge >= 0.3 is 0 Å². The van der Waals surface area contributed by atoms with Gasteiger partial charge in [-0.2, -0.15) is 5.26 Å². The molecule has 0 saturated heterocycles. The van der Waals surface area contributed by atoms with Gasteiger partial charge in [-0.3, -0.25) is 0 Å². The molecule has 1 aromatic rings. The number of hydrogen-bond acceptors (Lipinski definition) is 2. The molecule has 2 nitrogen and oxygen atoms in total. The number of benzene rings is 1. The third kappa shape index (κ3) is 2.17. The predicted molar refractivity (Wildman–Crippen MR) is 52.0 cm³/mol. The van der Waals surface area contributed by atoms with Crippen molar-refractivity contribution in [1.82, 2.24) is 0 Å². The minimum Gasteiger partial charge on any atom is -0.392 e. The van der Waals surface area contributed by atoms with Gasteiger partial charge < -0.3 is 5.11 Å². The van der Waals surface area contributed by atoms with Crippen LogP contribution in [-0.4, -0.2) is 11.7 Å². The molecular formula is C11H11NO. The van der Waals surface area contributed by atoms with Crippen molar-refractivity contribution in [2.24, 2.45) is 0 Å². The molecule has 0 atom stereocenters. The maximum absolute atomic E-state index is 8.80. The monoisotopic (exact) mass is 173 g/mol. The van der Waals surface area contributed by atoms with Crippen molar-refractivity contribution in [1.29, 1.82) is 5.26 Å². The van der Waals surface area contributed by atoms with E-state index < -0.39 is 0 Å². The SMILES string of the molecule is Cc1cccc(C#N)c1C=CCO. The van der Waals surface area contributed by atoms with Gasteiger partial charge in [-0.05, 0) is 24.1 Å². The Hall–Kier alpha value is -1.59. The van der Waals surface area contributed by atoms with Crippen molar-refractivity contribution in [3.05, 3.63) is 41.0 Å². The van der Waals surface area contributed by atoms with Crippen LogP contribution in [0, 0.1) is 18.3 Å². The lowest BCUT2D eigenvalue weighted by atomic mass is 10.0. The highest BCUT2D eigenvalue weighted by Gasteiger charge is 1.99. The molecule has 0 aliphatic carbocycles. The van der Waals surface area contributed by atoms with Crippen LogP contribution in [0.4, 0.5) is 0 Å². The van der Waals surface area contributed by atoms with E-state index in [1.807, 2.05) is 19.1 Å². The van der Waals surface area contributed by atoms with E-state index in [0.29, 0.717) is 5.56 Å². The highest BCUT2D eigenvalue weighted by molar-refractivity contribution is 5.61. The van der Waals surface area contributed by atoms with E-state index in [2.05, 4.69) is 6.07 Å². The summed E-state index contributed by atoms with van der Waals surface area (Å²) in [4.78, 5) is 0. The van der Waals surface area contributed by atoms with Crippen LogP contribution < -0.4 is 0 Å². The summed E-state index contributed by atoms with van der Waals surface area (Å²) in [7, 11) is 0. The fourth-order valence-corrected chi connectivity index (χ4v) is 1.17. The summed E-state index contributed by atoms with van der Waals surface area (Å²) in [5, 5.41) is 17.4. The summed E-state index contributed by atoms with van der Waals surface area (Å²) in [5.74, 6) is 0.